The molecule has 1 aliphatic heterocycles. The summed E-state index contributed by atoms with van der Waals surface area (Å²) in [5.41, 5.74) is 5.59. The van der Waals surface area contributed by atoms with Crippen molar-refractivity contribution in [1.82, 2.24) is 10.0 Å². The van der Waals surface area contributed by atoms with E-state index < -0.39 is 24.0 Å². The molecule has 0 radical (unpaired) electrons. The first kappa shape index (κ1) is 15.6. The number of rotatable bonds is 4. The fourth-order valence-electron chi connectivity index (χ4n) is 2.20. The number of hydrazine groups is 1. The van der Waals surface area contributed by atoms with Gasteiger partial charge in [-0.3, -0.25) is 0 Å². The molecular formula is C11H19N3O4S. The number of carbonyl (C=O) groups is 2. The Hall–Kier alpha value is -1.41. The largest absolute Gasteiger partial charge is 0.480 e. The molecular weight excluding hydrogens is 270 g/mol. The summed E-state index contributed by atoms with van der Waals surface area (Å²) in [7, 11) is 0. The maximum atomic E-state index is 12.0. The normalized spacial score (nSPS) is 24.0. The van der Waals surface area contributed by atoms with Crippen molar-refractivity contribution in [3.05, 3.63) is 0 Å². The Morgan fingerprint density at radius 2 is 2.11 bits per heavy atom. The van der Waals surface area contributed by atoms with Gasteiger partial charge in [0, 0.05) is 19.0 Å². The van der Waals surface area contributed by atoms with E-state index in [0.717, 1.165) is 5.01 Å². The van der Waals surface area contributed by atoms with E-state index in [2.05, 4.69) is 0 Å². The van der Waals surface area contributed by atoms with Crippen LogP contribution in [0.2, 0.25) is 0 Å². The molecule has 0 saturated carbocycles. The van der Waals surface area contributed by atoms with Crippen molar-refractivity contribution in [2.24, 2.45) is 11.7 Å². The molecule has 1 aliphatic rings. The number of hydrogen-bond acceptors (Lipinski definition) is 5. The Balaban J connectivity index is 3.09. The number of carboxylic acids is 1. The molecule has 1 saturated heterocycles. The van der Waals surface area contributed by atoms with E-state index in [9.17, 15) is 14.7 Å². The summed E-state index contributed by atoms with van der Waals surface area (Å²) in [6.45, 7) is 4.70. The highest BCUT2D eigenvalue weighted by Gasteiger charge is 2.45. The third kappa shape index (κ3) is 3.32. The third-order valence-electron chi connectivity index (χ3n) is 3.09. The number of nitrogens with two attached hydrogens (primary N) is 1. The molecule has 8 heteroatoms. The molecule has 2 atom stereocenters. The minimum atomic E-state index is -1.14. The molecule has 0 aliphatic carbocycles. The standard InChI is InChI=1S/C11H19N3O4S/c1-3-13-6-5-7(9(12)19)8(10(15)16)14(13)11(17)18-4-2/h7-8H,3-6H2,1-2H3,(H2,12,19)(H,15,16). The van der Waals surface area contributed by atoms with E-state index in [0.29, 0.717) is 19.5 Å². The Kier molecular flexibility index (Phi) is 5.49. The number of nitrogens with zero attached hydrogens (tertiary/aromatic N) is 2. The SMILES string of the molecule is CCOC(=O)N1C(C(=O)O)C(C(N)=S)CCN1CC. The second-order valence-electron chi connectivity index (χ2n) is 4.17. The summed E-state index contributed by atoms with van der Waals surface area (Å²) in [4.78, 5) is 23.5. The minimum absolute atomic E-state index is 0.109. The van der Waals surface area contributed by atoms with Crippen LogP contribution in [0.5, 0.6) is 0 Å². The smallest absolute Gasteiger partial charge is 0.425 e. The quantitative estimate of drug-likeness (QED) is 0.725. The van der Waals surface area contributed by atoms with Crippen molar-refractivity contribution in [3.8, 4) is 0 Å². The van der Waals surface area contributed by atoms with E-state index in [4.69, 9.17) is 22.7 Å². The first-order valence-electron chi connectivity index (χ1n) is 6.16. The average molecular weight is 289 g/mol. The predicted molar refractivity (Wildman–Crippen MR) is 72.4 cm³/mol. The second-order valence-corrected chi connectivity index (χ2v) is 4.64. The molecule has 1 heterocycles. The molecule has 3 N–H and O–H groups in total. The van der Waals surface area contributed by atoms with E-state index in [1.54, 1.807) is 11.9 Å². The number of carbonyl (C=O) groups excluding carboxylic acids is 1. The second kappa shape index (κ2) is 6.67. The lowest BCUT2D eigenvalue weighted by Gasteiger charge is -2.44. The fraction of sp³-hybridized carbons (Fsp3) is 0.727. The van der Waals surface area contributed by atoms with E-state index in [-0.39, 0.29) is 11.6 Å². The van der Waals surface area contributed by atoms with Gasteiger partial charge >= 0.3 is 12.1 Å². The van der Waals surface area contributed by atoms with E-state index in [1.165, 1.54) is 0 Å². The number of amides is 1. The lowest BCUT2D eigenvalue weighted by Crippen LogP contribution is -2.63. The lowest BCUT2D eigenvalue weighted by atomic mass is 9.93. The monoisotopic (exact) mass is 289 g/mol. The van der Waals surface area contributed by atoms with Gasteiger partial charge in [-0.2, -0.15) is 0 Å². The molecule has 2 unspecified atom stereocenters. The zero-order valence-corrected chi connectivity index (χ0v) is 11.9. The maximum absolute atomic E-state index is 12.0. The fourth-order valence-corrected chi connectivity index (χ4v) is 2.45. The van der Waals surface area contributed by atoms with Crippen LogP contribution in [0.25, 0.3) is 0 Å². The maximum Gasteiger partial charge on any atom is 0.425 e. The molecule has 0 aromatic carbocycles. The zero-order valence-electron chi connectivity index (χ0n) is 11.0. The summed E-state index contributed by atoms with van der Waals surface area (Å²) in [5.74, 6) is -1.68. The first-order valence-corrected chi connectivity index (χ1v) is 6.57. The summed E-state index contributed by atoms with van der Waals surface area (Å²) < 4.78 is 4.92. The predicted octanol–water partition coefficient (Wildman–Crippen LogP) is 0.441. The molecule has 0 aromatic heterocycles. The molecule has 7 nitrogen and oxygen atoms in total. The summed E-state index contributed by atoms with van der Waals surface area (Å²) in [6, 6.07) is -1.11. The highest BCUT2D eigenvalue weighted by atomic mass is 32.1. The number of thiocarbonyl (C=S) groups is 1. The van der Waals surface area contributed by atoms with Gasteiger partial charge in [0.05, 0.1) is 11.6 Å². The van der Waals surface area contributed by atoms with Gasteiger partial charge in [-0.1, -0.05) is 19.1 Å². The van der Waals surface area contributed by atoms with E-state index >= 15 is 0 Å². The Labute approximate surface area is 117 Å². The van der Waals surface area contributed by atoms with E-state index in [1.807, 2.05) is 6.92 Å². The topological polar surface area (TPSA) is 96.1 Å². The third-order valence-corrected chi connectivity index (χ3v) is 3.39. The Morgan fingerprint density at radius 1 is 1.47 bits per heavy atom. The zero-order chi connectivity index (χ0) is 14.6. The van der Waals surface area contributed by atoms with Crippen LogP contribution in [-0.2, 0) is 9.53 Å². The van der Waals surface area contributed by atoms with Gasteiger partial charge in [0.1, 0.15) is 0 Å². The van der Waals surface area contributed by atoms with Crippen molar-refractivity contribution in [1.29, 1.82) is 0 Å². The molecule has 1 rings (SSSR count). The average Bonchev–Trinajstić information content (AvgIpc) is 2.36. The van der Waals surface area contributed by atoms with Crippen LogP contribution >= 0.6 is 12.2 Å². The first-order chi connectivity index (χ1) is 8.93. The molecule has 0 bridgehead atoms. The number of ether oxygens (including phenoxy) is 1. The van der Waals surface area contributed by atoms with Gasteiger partial charge in [-0.15, -0.1) is 0 Å². The molecule has 1 amide bonds. The molecule has 0 spiro atoms. The minimum Gasteiger partial charge on any atom is -0.480 e. The van der Waals surface area contributed by atoms with Gasteiger partial charge in [0.25, 0.3) is 0 Å². The van der Waals surface area contributed by atoms with Crippen LogP contribution in [0, 0.1) is 5.92 Å². The highest BCUT2D eigenvalue weighted by Crippen LogP contribution is 2.25. The summed E-state index contributed by atoms with van der Waals surface area (Å²) >= 11 is 4.91. The van der Waals surface area contributed by atoms with Crippen molar-refractivity contribution < 1.29 is 19.4 Å². The molecule has 1 fully saturated rings. The molecule has 108 valence electrons. The van der Waals surface area contributed by atoms with Crippen molar-refractivity contribution in [2.75, 3.05) is 19.7 Å². The van der Waals surface area contributed by atoms with Crippen molar-refractivity contribution in [2.45, 2.75) is 26.3 Å². The van der Waals surface area contributed by atoms with Gasteiger partial charge < -0.3 is 15.6 Å². The van der Waals surface area contributed by atoms with Gasteiger partial charge in [-0.25, -0.2) is 19.6 Å². The van der Waals surface area contributed by atoms with Gasteiger partial charge in [-0.05, 0) is 13.3 Å². The van der Waals surface area contributed by atoms with Gasteiger partial charge in [0.15, 0.2) is 6.04 Å². The number of carboxylic acid groups (broad SMARTS) is 1. The Morgan fingerprint density at radius 3 is 2.53 bits per heavy atom. The Bertz CT molecular complexity index is 377. The number of hydrogen-bond donors (Lipinski definition) is 2. The lowest BCUT2D eigenvalue weighted by molar-refractivity contribution is -0.158. The van der Waals surface area contributed by atoms with Crippen LogP contribution < -0.4 is 5.73 Å². The van der Waals surface area contributed by atoms with Crippen molar-refractivity contribution in [3.63, 3.8) is 0 Å². The van der Waals surface area contributed by atoms with Crippen LogP contribution in [0.4, 0.5) is 4.79 Å². The van der Waals surface area contributed by atoms with Gasteiger partial charge in [0.2, 0.25) is 0 Å². The van der Waals surface area contributed by atoms with Crippen LogP contribution in [0.1, 0.15) is 20.3 Å². The summed E-state index contributed by atoms with van der Waals surface area (Å²) in [5, 5.41) is 12.1. The number of aliphatic carboxylic acids is 1. The van der Waals surface area contributed by atoms with Crippen molar-refractivity contribution >= 4 is 29.3 Å². The summed E-state index contributed by atoms with van der Waals surface area (Å²) in [6.07, 6.45) is -0.173. The highest BCUT2D eigenvalue weighted by molar-refractivity contribution is 7.80. The molecule has 19 heavy (non-hydrogen) atoms. The van der Waals surface area contributed by atoms with Crippen LogP contribution in [-0.4, -0.2) is 57.9 Å². The molecule has 0 aromatic rings. The van der Waals surface area contributed by atoms with Crippen LogP contribution in [0.15, 0.2) is 0 Å². The van der Waals surface area contributed by atoms with Crippen LogP contribution in [0.3, 0.4) is 0 Å².